The van der Waals surface area contributed by atoms with E-state index in [4.69, 9.17) is 25.8 Å². The largest absolute Gasteiger partial charge is 0.476 e. The van der Waals surface area contributed by atoms with E-state index in [1.54, 1.807) is 38.1 Å². The molecule has 1 heterocycles. The lowest BCUT2D eigenvalue weighted by Crippen LogP contribution is -2.41. The van der Waals surface area contributed by atoms with Crippen molar-refractivity contribution in [3.05, 3.63) is 29.3 Å². The summed E-state index contributed by atoms with van der Waals surface area (Å²) in [6.45, 7) is 4.40. The number of halogens is 1. The first-order chi connectivity index (χ1) is 9.97. The van der Waals surface area contributed by atoms with Gasteiger partial charge >= 0.3 is 5.97 Å². The quantitative estimate of drug-likeness (QED) is 0.779. The Hall–Kier alpha value is -1.26. The monoisotopic (exact) mass is 312 g/mol. The van der Waals surface area contributed by atoms with E-state index in [2.05, 4.69) is 0 Å². The summed E-state index contributed by atoms with van der Waals surface area (Å²) >= 11 is 5.82. The highest BCUT2D eigenvalue weighted by Crippen LogP contribution is 2.22. The van der Waals surface area contributed by atoms with Gasteiger partial charge in [0.2, 0.25) is 0 Å². The molecule has 1 aliphatic rings. The Labute approximate surface area is 130 Å². The van der Waals surface area contributed by atoms with Crippen LogP contribution in [-0.2, 0) is 14.3 Å². The molecule has 116 valence electrons. The normalized spacial score (nSPS) is 19.1. The molecule has 1 unspecified atom stereocenters. The van der Waals surface area contributed by atoms with E-state index in [9.17, 15) is 4.79 Å². The molecule has 0 aromatic heterocycles. The minimum absolute atomic E-state index is 0.00836. The fourth-order valence-corrected chi connectivity index (χ4v) is 2.25. The summed E-state index contributed by atoms with van der Waals surface area (Å²) < 4.78 is 16.6. The van der Waals surface area contributed by atoms with Gasteiger partial charge in [-0.3, -0.25) is 0 Å². The molecule has 1 fully saturated rings. The third kappa shape index (κ3) is 4.90. The lowest BCUT2D eigenvalue weighted by Gasteiger charge is -2.27. The molecular formula is C16H21ClO4. The maximum absolute atomic E-state index is 12.1. The van der Waals surface area contributed by atoms with Crippen LogP contribution in [0.5, 0.6) is 5.75 Å². The third-order valence-electron chi connectivity index (χ3n) is 3.35. The number of ether oxygens (including phenoxy) is 3. The summed E-state index contributed by atoms with van der Waals surface area (Å²) in [4.78, 5) is 12.1. The van der Waals surface area contributed by atoms with Crippen molar-refractivity contribution in [2.24, 2.45) is 0 Å². The molecule has 1 aromatic rings. The highest BCUT2D eigenvalue weighted by Gasteiger charge is 2.32. The number of esters is 1. The first kappa shape index (κ1) is 16.1. The van der Waals surface area contributed by atoms with Crippen molar-refractivity contribution in [1.82, 2.24) is 0 Å². The van der Waals surface area contributed by atoms with E-state index in [1.807, 2.05) is 0 Å². The third-order valence-corrected chi connectivity index (χ3v) is 3.60. The van der Waals surface area contributed by atoms with E-state index in [1.165, 1.54) is 0 Å². The molecule has 1 aromatic carbocycles. The zero-order valence-corrected chi connectivity index (χ0v) is 13.2. The molecule has 0 aliphatic carbocycles. The van der Waals surface area contributed by atoms with Crippen LogP contribution in [0.4, 0.5) is 0 Å². The number of benzene rings is 1. The fourth-order valence-electron chi connectivity index (χ4n) is 2.12. The van der Waals surface area contributed by atoms with Gasteiger partial charge in [0.05, 0.1) is 6.10 Å². The standard InChI is InChI=1S/C16H21ClO4/c1-16(2,21-13-8-6-12(17)7-9-13)15(18)20-11-14-5-3-4-10-19-14/h6-9,14H,3-5,10-11H2,1-2H3. The van der Waals surface area contributed by atoms with Crippen LogP contribution >= 0.6 is 11.6 Å². The van der Waals surface area contributed by atoms with Crippen molar-refractivity contribution in [2.75, 3.05) is 13.2 Å². The van der Waals surface area contributed by atoms with Crippen molar-refractivity contribution >= 4 is 17.6 Å². The van der Waals surface area contributed by atoms with Gasteiger partial charge in [0, 0.05) is 11.6 Å². The summed E-state index contributed by atoms with van der Waals surface area (Å²) in [6, 6.07) is 6.88. The predicted molar refractivity (Wildman–Crippen MR) is 80.7 cm³/mol. The van der Waals surface area contributed by atoms with E-state index >= 15 is 0 Å². The maximum Gasteiger partial charge on any atom is 0.349 e. The van der Waals surface area contributed by atoms with Crippen LogP contribution in [0.1, 0.15) is 33.1 Å². The van der Waals surface area contributed by atoms with Gasteiger partial charge < -0.3 is 14.2 Å². The molecule has 0 radical (unpaired) electrons. The number of hydrogen-bond donors (Lipinski definition) is 0. The molecule has 0 spiro atoms. The van der Waals surface area contributed by atoms with E-state index < -0.39 is 11.6 Å². The van der Waals surface area contributed by atoms with E-state index in [-0.39, 0.29) is 12.7 Å². The molecule has 1 atom stereocenters. The zero-order chi connectivity index (χ0) is 15.3. The summed E-state index contributed by atoms with van der Waals surface area (Å²) in [5.41, 5.74) is -1.05. The fraction of sp³-hybridized carbons (Fsp3) is 0.562. The molecule has 2 rings (SSSR count). The lowest BCUT2D eigenvalue weighted by atomic mass is 10.1. The van der Waals surface area contributed by atoms with Gasteiger partial charge in [-0.25, -0.2) is 4.79 Å². The zero-order valence-electron chi connectivity index (χ0n) is 12.4. The topological polar surface area (TPSA) is 44.8 Å². The Morgan fingerprint density at radius 3 is 2.67 bits per heavy atom. The smallest absolute Gasteiger partial charge is 0.349 e. The van der Waals surface area contributed by atoms with Crippen molar-refractivity contribution in [1.29, 1.82) is 0 Å². The predicted octanol–water partition coefficient (Wildman–Crippen LogP) is 3.61. The molecule has 1 saturated heterocycles. The Morgan fingerprint density at radius 2 is 2.05 bits per heavy atom. The second-order valence-electron chi connectivity index (χ2n) is 5.65. The molecule has 0 amide bonds. The summed E-state index contributed by atoms with van der Waals surface area (Å²) in [6.07, 6.45) is 3.14. The molecule has 0 bridgehead atoms. The Morgan fingerprint density at radius 1 is 1.33 bits per heavy atom. The van der Waals surface area contributed by atoms with Crippen molar-refractivity contribution in [3.63, 3.8) is 0 Å². The molecule has 0 N–H and O–H groups in total. The van der Waals surface area contributed by atoms with Crippen LogP contribution in [0.3, 0.4) is 0 Å². The Kier molecular flexibility index (Phi) is 5.48. The van der Waals surface area contributed by atoms with Crippen molar-refractivity contribution < 1.29 is 19.0 Å². The maximum atomic E-state index is 12.1. The first-order valence-electron chi connectivity index (χ1n) is 7.21. The first-order valence-corrected chi connectivity index (χ1v) is 7.58. The van der Waals surface area contributed by atoms with E-state index in [0.29, 0.717) is 10.8 Å². The van der Waals surface area contributed by atoms with Crippen LogP contribution < -0.4 is 4.74 Å². The minimum Gasteiger partial charge on any atom is -0.476 e. The highest BCUT2D eigenvalue weighted by atomic mass is 35.5. The molecule has 0 saturated carbocycles. The number of carbonyl (C=O) groups is 1. The van der Waals surface area contributed by atoms with Crippen LogP contribution in [0, 0.1) is 0 Å². The van der Waals surface area contributed by atoms with Crippen LogP contribution in [0.25, 0.3) is 0 Å². The van der Waals surface area contributed by atoms with Crippen LogP contribution in [-0.4, -0.2) is 30.9 Å². The number of hydrogen-bond acceptors (Lipinski definition) is 4. The van der Waals surface area contributed by atoms with Gasteiger partial charge in [0.25, 0.3) is 0 Å². The van der Waals surface area contributed by atoms with Crippen LogP contribution in [0.15, 0.2) is 24.3 Å². The van der Waals surface area contributed by atoms with Gasteiger partial charge in [0.1, 0.15) is 12.4 Å². The Bertz CT molecular complexity index is 464. The summed E-state index contributed by atoms with van der Waals surface area (Å²) in [7, 11) is 0. The summed E-state index contributed by atoms with van der Waals surface area (Å²) in [5, 5.41) is 0.622. The average molecular weight is 313 g/mol. The van der Waals surface area contributed by atoms with Gasteiger partial charge in [-0.05, 0) is 57.4 Å². The van der Waals surface area contributed by atoms with Gasteiger partial charge in [-0.15, -0.1) is 0 Å². The highest BCUT2D eigenvalue weighted by molar-refractivity contribution is 6.30. The minimum atomic E-state index is -1.05. The number of rotatable bonds is 5. The number of carbonyl (C=O) groups excluding carboxylic acids is 1. The van der Waals surface area contributed by atoms with Gasteiger partial charge in [-0.1, -0.05) is 11.6 Å². The van der Waals surface area contributed by atoms with Crippen molar-refractivity contribution in [2.45, 2.75) is 44.8 Å². The molecule has 21 heavy (non-hydrogen) atoms. The van der Waals surface area contributed by atoms with Gasteiger partial charge in [-0.2, -0.15) is 0 Å². The van der Waals surface area contributed by atoms with Crippen LogP contribution in [0.2, 0.25) is 5.02 Å². The van der Waals surface area contributed by atoms with Crippen molar-refractivity contribution in [3.8, 4) is 5.75 Å². The summed E-state index contributed by atoms with van der Waals surface area (Å²) in [5.74, 6) is 0.182. The average Bonchev–Trinajstić information content (AvgIpc) is 2.48. The Balaban J connectivity index is 1.85. The van der Waals surface area contributed by atoms with Gasteiger partial charge in [0.15, 0.2) is 5.60 Å². The lowest BCUT2D eigenvalue weighted by molar-refractivity contribution is -0.164. The second kappa shape index (κ2) is 7.14. The SMILES string of the molecule is CC(C)(Oc1ccc(Cl)cc1)C(=O)OCC1CCCCO1. The molecule has 1 aliphatic heterocycles. The molecular weight excluding hydrogens is 292 g/mol. The molecule has 4 nitrogen and oxygen atoms in total. The second-order valence-corrected chi connectivity index (χ2v) is 6.09. The molecule has 5 heteroatoms. The van der Waals surface area contributed by atoms with E-state index in [0.717, 1.165) is 25.9 Å².